The van der Waals surface area contributed by atoms with Crippen molar-refractivity contribution in [3.8, 4) is 0 Å². The second kappa shape index (κ2) is 7.70. The normalized spacial score (nSPS) is 18.2. The fourth-order valence-corrected chi connectivity index (χ4v) is 4.53. The van der Waals surface area contributed by atoms with Gasteiger partial charge in [-0.1, -0.05) is 30.3 Å². The van der Waals surface area contributed by atoms with Crippen molar-refractivity contribution in [2.75, 3.05) is 26.7 Å². The van der Waals surface area contributed by atoms with Crippen molar-refractivity contribution in [2.45, 2.75) is 19.5 Å². The average Bonchev–Trinajstić information content (AvgIpc) is 3.25. The van der Waals surface area contributed by atoms with E-state index < -0.39 is 0 Å². The van der Waals surface area contributed by atoms with Gasteiger partial charge in [-0.3, -0.25) is 14.6 Å². The Morgan fingerprint density at radius 2 is 2.15 bits per heavy atom. The molecule has 1 aromatic carbocycles. The zero-order valence-corrected chi connectivity index (χ0v) is 15.8. The molecule has 5 nitrogen and oxygen atoms in total. The highest BCUT2D eigenvalue weighted by atomic mass is 32.1. The second-order valence-corrected chi connectivity index (χ2v) is 8.14. The zero-order chi connectivity index (χ0) is 17.9. The maximum atomic E-state index is 12.1. The SMILES string of the molecule is CN(Cc1nc2ccsc2c(=O)[nH]1)C[C@H]1CCN(Cc2ccccc2)C1. The lowest BCUT2D eigenvalue weighted by Crippen LogP contribution is -2.29. The Labute approximate surface area is 157 Å². The van der Waals surface area contributed by atoms with Gasteiger partial charge in [-0.05, 0) is 42.9 Å². The predicted molar refractivity (Wildman–Crippen MR) is 106 cm³/mol. The summed E-state index contributed by atoms with van der Waals surface area (Å²) in [4.78, 5) is 24.4. The average molecular weight is 369 g/mol. The zero-order valence-electron chi connectivity index (χ0n) is 15.0. The molecular weight excluding hydrogens is 344 g/mol. The van der Waals surface area contributed by atoms with Crippen molar-refractivity contribution in [1.82, 2.24) is 19.8 Å². The first-order chi connectivity index (χ1) is 12.7. The Morgan fingerprint density at radius 1 is 1.31 bits per heavy atom. The number of hydrogen-bond donors (Lipinski definition) is 1. The van der Waals surface area contributed by atoms with E-state index in [2.05, 4.69) is 57.1 Å². The standard InChI is InChI=1S/C20H24N4OS/c1-23(14-18-21-17-8-10-26-19(17)20(25)22-18)11-16-7-9-24(13-16)12-15-5-3-2-4-6-15/h2-6,8,10,16H,7,9,11-14H2,1H3,(H,21,22,25)/t16-/m1/s1. The van der Waals surface area contributed by atoms with Crippen molar-refractivity contribution in [3.63, 3.8) is 0 Å². The third kappa shape index (κ3) is 4.03. The van der Waals surface area contributed by atoms with Crippen LogP contribution in [0.25, 0.3) is 10.2 Å². The van der Waals surface area contributed by atoms with E-state index in [9.17, 15) is 4.79 Å². The number of H-pyrrole nitrogens is 1. The maximum Gasteiger partial charge on any atom is 0.268 e. The van der Waals surface area contributed by atoms with Gasteiger partial charge >= 0.3 is 0 Å². The lowest BCUT2D eigenvalue weighted by atomic mass is 10.1. The van der Waals surface area contributed by atoms with Gasteiger partial charge in [-0.15, -0.1) is 11.3 Å². The van der Waals surface area contributed by atoms with Crippen molar-refractivity contribution in [3.05, 3.63) is 63.5 Å². The largest absolute Gasteiger partial charge is 0.308 e. The molecule has 0 unspecified atom stereocenters. The number of thiophene rings is 1. The van der Waals surface area contributed by atoms with Crippen LogP contribution in [-0.2, 0) is 13.1 Å². The summed E-state index contributed by atoms with van der Waals surface area (Å²) in [7, 11) is 2.11. The lowest BCUT2D eigenvalue weighted by molar-refractivity contribution is 0.251. The third-order valence-electron chi connectivity index (χ3n) is 4.97. The van der Waals surface area contributed by atoms with Crippen LogP contribution in [0.15, 0.2) is 46.6 Å². The molecule has 1 aliphatic rings. The Balaban J connectivity index is 1.32. The van der Waals surface area contributed by atoms with Crippen LogP contribution in [0.1, 0.15) is 17.8 Å². The molecule has 2 aromatic heterocycles. The minimum Gasteiger partial charge on any atom is -0.308 e. The van der Waals surface area contributed by atoms with E-state index in [-0.39, 0.29) is 5.56 Å². The van der Waals surface area contributed by atoms with Gasteiger partial charge in [0.2, 0.25) is 0 Å². The molecule has 3 aromatic rings. The number of rotatable bonds is 6. The molecule has 1 atom stereocenters. The molecule has 1 aliphatic heterocycles. The number of nitrogens with one attached hydrogen (secondary N) is 1. The molecule has 136 valence electrons. The molecule has 0 saturated carbocycles. The summed E-state index contributed by atoms with van der Waals surface area (Å²) >= 11 is 1.44. The van der Waals surface area contributed by atoms with Crippen LogP contribution in [0.5, 0.6) is 0 Å². The number of benzene rings is 1. The van der Waals surface area contributed by atoms with Crippen LogP contribution in [0.3, 0.4) is 0 Å². The first-order valence-electron chi connectivity index (χ1n) is 9.08. The summed E-state index contributed by atoms with van der Waals surface area (Å²) in [6.45, 7) is 5.02. The van der Waals surface area contributed by atoms with Gasteiger partial charge in [0.1, 0.15) is 10.5 Å². The van der Waals surface area contributed by atoms with Gasteiger partial charge in [-0.2, -0.15) is 0 Å². The summed E-state index contributed by atoms with van der Waals surface area (Å²) < 4.78 is 0.712. The van der Waals surface area contributed by atoms with E-state index in [1.807, 2.05) is 11.4 Å². The van der Waals surface area contributed by atoms with Gasteiger partial charge in [0.05, 0.1) is 12.1 Å². The van der Waals surface area contributed by atoms with Crippen molar-refractivity contribution in [2.24, 2.45) is 5.92 Å². The van der Waals surface area contributed by atoms with Gasteiger partial charge < -0.3 is 4.98 Å². The van der Waals surface area contributed by atoms with Crippen molar-refractivity contribution < 1.29 is 0 Å². The molecule has 26 heavy (non-hydrogen) atoms. The molecule has 4 rings (SSSR count). The molecule has 3 heterocycles. The molecule has 1 fully saturated rings. The van der Waals surface area contributed by atoms with Crippen LogP contribution in [0, 0.1) is 5.92 Å². The van der Waals surface area contributed by atoms with Crippen molar-refractivity contribution in [1.29, 1.82) is 0 Å². The van der Waals surface area contributed by atoms with Crippen LogP contribution in [0.2, 0.25) is 0 Å². The Bertz CT molecular complexity index is 920. The fourth-order valence-electron chi connectivity index (χ4n) is 3.80. The van der Waals surface area contributed by atoms with Crippen molar-refractivity contribution >= 4 is 21.6 Å². The minimum absolute atomic E-state index is 0.0247. The van der Waals surface area contributed by atoms with Gasteiger partial charge in [0.15, 0.2) is 0 Å². The summed E-state index contributed by atoms with van der Waals surface area (Å²) in [5.41, 5.74) is 2.16. The predicted octanol–water partition coefficient (Wildman–Crippen LogP) is 2.94. The van der Waals surface area contributed by atoms with E-state index in [1.165, 1.54) is 23.3 Å². The number of aromatic amines is 1. The highest BCUT2D eigenvalue weighted by molar-refractivity contribution is 7.17. The first-order valence-corrected chi connectivity index (χ1v) is 9.96. The molecule has 0 radical (unpaired) electrons. The van der Waals surface area contributed by atoms with E-state index >= 15 is 0 Å². The molecular formula is C20H24N4OS. The number of likely N-dealkylation sites (tertiary alicyclic amines) is 1. The van der Waals surface area contributed by atoms with E-state index in [1.54, 1.807) is 0 Å². The highest BCUT2D eigenvalue weighted by Gasteiger charge is 2.23. The van der Waals surface area contributed by atoms with Crippen LogP contribution >= 0.6 is 11.3 Å². The van der Waals surface area contributed by atoms with E-state index in [4.69, 9.17) is 0 Å². The topological polar surface area (TPSA) is 52.2 Å². The molecule has 0 aliphatic carbocycles. The smallest absolute Gasteiger partial charge is 0.268 e. The Hall–Kier alpha value is -2.02. The number of aromatic nitrogens is 2. The molecule has 0 spiro atoms. The van der Waals surface area contributed by atoms with Gasteiger partial charge in [-0.25, -0.2) is 4.98 Å². The summed E-state index contributed by atoms with van der Waals surface area (Å²) in [6.07, 6.45) is 1.23. The van der Waals surface area contributed by atoms with E-state index in [0.29, 0.717) is 17.2 Å². The summed E-state index contributed by atoms with van der Waals surface area (Å²) in [5.74, 6) is 1.42. The number of fused-ring (bicyclic) bond motifs is 1. The van der Waals surface area contributed by atoms with E-state index in [0.717, 1.165) is 37.5 Å². The molecule has 6 heteroatoms. The van der Waals surface area contributed by atoms with Crippen LogP contribution in [0.4, 0.5) is 0 Å². The number of hydrogen-bond acceptors (Lipinski definition) is 5. The number of nitrogens with zero attached hydrogens (tertiary/aromatic N) is 3. The highest BCUT2D eigenvalue weighted by Crippen LogP contribution is 2.20. The fraction of sp³-hybridized carbons (Fsp3) is 0.400. The van der Waals surface area contributed by atoms with Crippen LogP contribution < -0.4 is 5.56 Å². The monoisotopic (exact) mass is 368 g/mol. The molecule has 1 N–H and O–H groups in total. The lowest BCUT2D eigenvalue weighted by Gasteiger charge is -2.21. The van der Waals surface area contributed by atoms with Gasteiger partial charge in [0.25, 0.3) is 5.56 Å². The maximum absolute atomic E-state index is 12.1. The third-order valence-corrected chi connectivity index (χ3v) is 5.87. The second-order valence-electron chi connectivity index (χ2n) is 7.22. The summed E-state index contributed by atoms with van der Waals surface area (Å²) in [6, 6.07) is 12.6. The molecule has 1 saturated heterocycles. The summed E-state index contributed by atoms with van der Waals surface area (Å²) in [5, 5.41) is 1.92. The Morgan fingerprint density at radius 3 is 3.00 bits per heavy atom. The molecule has 0 bridgehead atoms. The minimum atomic E-state index is -0.0247. The quantitative estimate of drug-likeness (QED) is 0.727. The van der Waals surface area contributed by atoms with Crippen LogP contribution in [-0.4, -0.2) is 46.4 Å². The molecule has 0 amide bonds. The van der Waals surface area contributed by atoms with Gasteiger partial charge in [0, 0.05) is 19.6 Å². The Kier molecular flexibility index (Phi) is 5.15. The first kappa shape index (κ1) is 17.4.